The number of rotatable bonds is 2. The van der Waals surface area contributed by atoms with E-state index in [0.29, 0.717) is 19.7 Å². The molecule has 1 aliphatic heterocycles. The minimum absolute atomic E-state index is 0. The predicted octanol–water partition coefficient (Wildman–Crippen LogP) is 1.78. The van der Waals surface area contributed by atoms with E-state index in [-0.39, 0.29) is 24.5 Å². The van der Waals surface area contributed by atoms with Crippen LogP contribution in [0.3, 0.4) is 0 Å². The number of carbonyl (C=O) groups is 1. The van der Waals surface area contributed by atoms with Gasteiger partial charge in [0.15, 0.2) is 0 Å². The summed E-state index contributed by atoms with van der Waals surface area (Å²) in [5.41, 5.74) is 6.72. The van der Waals surface area contributed by atoms with Gasteiger partial charge in [-0.1, -0.05) is 30.3 Å². The van der Waals surface area contributed by atoms with Gasteiger partial charge in [0, 0.05) is 19.1 Å². The minimum atomic E-state index is -0.267. The number of hydrogen-bond acceptors (Lipinski definition) is 3. The molecule has 2 N–H and O–H groups in total. The SMILES string of the molecule is Cl.N[C@@H]1CCN(C(=O)OCc2ccccc2)C1. The van der Waals surface area contributed by atoms with E-state index in [1.165, 1.54) is 0 Å². The van der Waals surface area contributed by atoms with Gasteiger partial charge in [0.2, 0.25) is 0 Å². The van der Waals surface area contributed by atoms with Crippen molar-refractivity contribution in [1.82, 2.24) is 4.90 Å². The maximum atomic E-state index is 11.6. The Hall–Kier alpha value is -1.26. The lowest BCUT2D eigenvalue weighted by atomic mass is 10.2. The fraction of sp³-hybridized carbons (Fsp3) is 0.417. The van der Waals surface area contributed by atoms with Gasteiger partial charge >= 0.3 is 6.09 Å². The molecule has 5 heteroatoms. The molecule has 1 aromatic rings. The lowest BCUT2D eigenvalue weighted by molar-refractivity contribution is 0.104. The van der Waals surface area contributed by atoms with Gasteiger partial charge in [-0.05, 0) is 12.0 Å². The molecule has 4 nitrogen and oxygen atoms in total. The summed E-state index contributed by atoms with van der Waals surface area (Å²) in [6.45, 7) is 1.63. The summed E-state index contributed by atoms with van der Waals surface area (Å²) in [5.74, 6) is 0. The quantitative estimate of drug-likeness (QED) is 0.878. The summed E-state index contributed by atoms with van der Waals surface area (Å²) in [6, 6.07) is 9.75. The van der Waals surface area contributed by atoms with Gasteiger partial charge in [0.25, 0.3) is 0 Å². The molecule has 0 saturated carbocycles. The Balaban J connectivity index is 0.00000144. The molecule has 0 spiro atoms. The number of nitrogens with two attached hydrogens (primary N) is 1. The molecule has 0 bridgehead atoms. The second kappa shape index (κ2) is 6.47. The second-order valence-corrected chi connectivity index (χ2v) is 4.03. The number of likely N-dealkylation sites (tertiary alicyclic amines) is 1. The van der Waals surface area contributed by atoms with E-state index in [9.17, 15) is 4.79 Å². The van der Waals surface area contributed by atoms with Crippen LogP contribution in [0, 0.1) is 0 Å². The highest BCUT2D eigenvalue weighted by Crippen LogP contribution is 2.10. The Morgan fingerprint density at radius 3 is 2.71 bits per heavy atom. The smallest absolute Gasteiger partial charge is 0.410 e. The molecule has 1 fully saturated rings. The zero-order chi connectivity index (χ0) is 11.4. The van der Waals surface area contributed by atoms with Crippen LogP contribution in [-0.4, -0.2) is 30.1 Å². The molecule has 1 saturated heterocycles. The van der Waals surface area contributed by atoms with Crippen LogP contribution in [-0.2, 0) is 11.3 Å². The van der Waals surface area contributed by atoms with Crippen molar-refractivity contribution >= 4 is 18.5 Å². The summed E-state index contributed by atoms with van der Waals surface area (Å²) in [5, 5.41) is 0. The van der Waals surface area contributed by atoms with Crippen molar-refractivity contribution in [2.75, 3.05) is 13.1 Å². The van der Waals surface area contributed by atoms with Crippen LogP contribution in [0.15, 0.2) is 30.3 Å². The van der Waals surface area contributed by atoms with Crippen molar-refractivity contribution < 1.29 is 9.53 Å². The van der Waals surface area contributed by atoms with Crippen LogP contribution in [0.1, 0.15) is 12.0 Å². The minimum Gasteiger partial charge on any atom is -0.445 e. The van der Waals surface area contributed by atoms with Gasteiger partial charge in [0.1, 0.15) is 6.61 Å². The first-order chi connectivity index (χ1) is 7.75. The fourth-order valence-electron chi connectivity index (χ4n) is 1.76. The summed E-state index contributed by atoms with van der Waals surface area (Å²) in [4.78, 5) is 13.3. The van der Waals surface area contributed by atoms with Gasteiger partial charge < -0.3 is 15.4 Å². The molecule has 0 aliphatic carbocycles. The van der Waals surface area contributed by atoms with E-state index in [4.69, 9.17) is 10.5 Å². The Labute approximate surface area is 107 Å². The molecular weight excluding hydrogens is 240 g/mol. The largest absolute Gasteiger partial charge is 0.445 e. The van der Waals surface area contributed by atoms with Gasteiger partial charge in [-0.25, -0.2) is 4.79 Å². The van der Waals surface area contributed by atoms with E-state index in [1.807, 2.05) is 30.3 Å². The highest BCUT2D eigenvalue weighted by molar-refractivity contribution is 5.85. The van der Waals surface area contributed by atoms with Crippen molar-refractivity contribution in [3.63, 3.8) is 0 Å². The molecule has 94 valence electrons. The van der Waals surface area contributed by atoms with Crippen molar-refractivity contribution in [3.8, 4) is 0 Å². The lowest BCUT2D eigenvalue weighted by Crippen LogP contribution is -2.32. The molecule has 0 aromatic heterocycles. The Kier molecular flexibility index (Phi) is 5.25. The molecule has 0 unspecified atom stereocenters. The lowest BCUT2D eigenvalue weighted by Gasteiger charge is -2.15. The van der Waals surface area contributed by atoms with E-state index < -0.39 is 0 Å². The monoisotopic (exact) mass is 256 g/mol. The Morgan fingerprint density at radius 1 is 1.41 bits per heavy atom. The predicted molar refractivity (Wildman–Crippen MR) is 68.0 cm³/mol. The maximum absolute atomic E-state index is 11.6. The maximum Gasteiger partial charge on any atom is 0.410 e. The number of benzene rings is 1. The molecule has 1 aromatic carbocycles. The first kappa shape index (κ1) is 13.8. The van der Waals surface area contributed by atoms with Crippen molar-refractivity contribution in [1.29, 1.82) is 0 Å². The first-order valence-electron chi connectivity index (χ1n) is 5.47. The zero-order valence-electron chi connectivity index (χ0n) is 9.54. The van der Waals surface area contributed by atoms with Gasteiger partial charge in [-0.2, -0.15) is 0 Å². The molecule has 1 heterocycles. The van der Waals surface area contributed by atoms with Crippen molar-refractivity contribution in [2.45, 2.75) is 19.1 Å². The van der Waals surface area contributed by atoms with Crippen LogP contribution in [0.25, 0.3) is 0 Å². The number of ether oxygens (including phenoxy) is 1. The van der Waals surface area contributed by atoms with Gasteiger partial charge in [-0.3, -0.25) is 0 Å². The zero-order valence-corrected chi connectivity index (χ0v) is 10.4. The summed E-state index contributed by atoms with van der Waals surface area (Å²) < 4.78 is 5.19. The first-order valence-corrected chi connectivity index (χ1v) is 5.47. The molecule has 1 atom stereocenters. The molecule has 1 aliphatic rings. The third-order valence-corrected chi connectivity index (χ3v) is 2.69. The number of nitrogens with zero attached hydrogens (tertiary/aromatic N) is 1. The van der Waals surface area contributed by atoms with E-state index in [0.717, 1.165) is 12.0 Å². The van der Waals surface area contributed by atoms with E-state index in [1.54, 1.807) is 4.90 Å². The fourth-order valence-corrected chi connectivity index (χ4v) is 1.76. The third kappa shape index (κ3) is 3.91. The Morgan fingerprint density at radius 2 is 2.12 bits per heavy atom. The topological polar surface area (TPSA) is 55.6 Å². The number of amides is 1. The van der Waals surface area contributed by atoms with Crippen LogP contribution < -0.4 is 5.73 Å². The summed E-state index contributed by atoms with van der Waals surface area (Å²) in [6.07, 6.45) is 0.595. The molecule has 2 rings (SSSR count). The third-order valence-electron chi connectivity index (χ3n) is 2.69. The number of carbonyl (C=O) groups excluding carboxylic acids is 1. The van der Waals surface area contributed by atoms with Crippen LogP contribution in [0.5, 0.6) is 0 Å². The average Bonchev–Trinajstić information content (AvgIpc) is 2.74. The van der Waals surface area contributed by atoms with Crippen molar-refractivity contribution in [3.05, 3.63) is 35.9 Å². The van der Waals surface area contributed by atoms with Crippen LogP contribution >= 0.6 is 12.4 Å². The van der Waals surface area contributed by atoms with E-state index >= 15 is 0 Å². The summed E-state index contributed by atoms with van der Waals surface area (Å²) >= 11 is 0. The highest BCUT2D eigenvalue weighted by atomic mass is 35.5. The highest BCUT2D eigenvalue weighted by Gasteiger charge is 2.24. The standard InChI is InChI=1S/C12H16N2O2.ClH/c13-11-6-7-14(8-11)12(15)16-9-10-4-2-1-3-5-10;/h1-5,11H,6-9,13H2;1H/t11-;/m1./s1. The molecule has 1 amide bonds. The molecular formula is C12H17ClN2O2. The Bertz CT molecular complexity index is 359. The van der Waals surface area contributed by atoms with E-state index in [2.05, 4.69) is 0 Å². The van der Waals surface area contributed by atoms with Crippen molar-refractivity contribution in [2.24, 2.45) is 5.73 Å². The molecule has 0 radical (unpaired) electrons. The second-order valence-electron chi connectivity index (χ2n) is 4.03. The van der Waals surface area contributed by atoms with Crippen LogP contribution in [0.2, 0.25) is 0 Å². The number of hydrogen-bond donors (Lipinski definition) is 1. The molecule has 17 heavy (non-hydrogen) atoms. The summed E-state index contributed by atoms with van der Waals surface area (Å²) in [7, 11) is 0. The van der Waals surface area contributed by atoms with Crippen LogP contribution in [0.4, 0.5) is 4.79 Å². The van der Waals surface area contributed by atoms with Gasteiger partial charge in [-0.15, -0.1) is 12.4 Å². The van der Waals surface area contributed by atoms with Gasteiger partial charge in [0.05, 0.1) is 0 Å². The average molecular weight is 257 g/mol. The normalized spacial score (nSPS) is 18.6. The number of halogens is 1.